The van der Waals surface area contributed by atoms with E-state index in [1.54, 1.807) is 31.2 Å². The van der Waals surface area contributed by atoms with E-state index >= 15 is 0 Å². The van der Waals surface area contributed by atoms with E-state index in [9.17, 15) is 4.79 Å². The van der Waals surface area contributed by atoms with Gasteiger partial charge in [-0.2, -0.15) is 0 Å². The van der Waals surface area contributed by atoms with Gasteiger partial charge in [-0.3, -0.25) is 0 Å². The van der Waals surface area contributed by atoms with Crippen molar-refractivity contribution in [2.24, 2.45) is 5.11 Å². The molecule has 1 rings (SSSR count). The number of allylic oxidation sites excluding steroid dienone is 2. The lowest BCUT2D eigenvalue weighted by Gasteiger charge is -1.98. The monoisotopic (exact) mass is 233 g/mol. The maximum atomic E-state index is 11.3. The molecule has 0 aliphatic rings. The van der Waals surface area contributed by atoms with E-state index in [0.29, 0.717) is 5.76 Å². The predicted octanol–water partition coefficient (Wildman–Crippen LogP) is 3.05. The van der Waals surface area contributed by atoms with Crippen molar-refractivity contribution in [2.75, 3.05) is 6.61 Å². The van der Waals surface area contributed by atoms with Gasteiger partial charge in [0.2, 0.25) is 0 Å². The summed E-state index contributed by atoms with van der Waals surface area (Å²) in [6, 6.07) is 3.49. The van der Waals surface area contributed by atoms with Gasteiger partial charge in [-0.1, -0.05) is 11.2 Å². The number of carbonyl (C=O) groups is 1. The summed E-state index contributed by atoms with van der Waals surface area (Å²) >= 11 is 0. The smallest absolute Gasteiger partial charge is 0.340 e. The molecule has 0 radical (unpaired) electrons. The van der Waals surface area contributed by atoms with Gasteiger partial charge in [0.15, 0.2) is 0 Å². The topological polar surface area (TPSA) is 88.2 Å². The van der Waals surface area contributed by atoms with Crippen LogP contribution < -0.4 is 0 Å². The summed E-state index contributed by atoms with van der Waals surface area (Å²) < 4.78 is 9.76. The standard InChI is InChI=1S/C11H11N3O3/c1-2-16-11(15)10(13-14-12)7-3-5-9-6-4-8-17-9/h3-8H,2H2,1H3/b5-3+,10-7-. The number of esters is 1. The molecule has 0 atom stereocenters. The minimum atomic E-state index is -0.658. The van der Waals surface area contributed by atoms with Crippen LogP contribution in [0, 0.1) is 0 Å². The van der Waals surface area contributed by atoms with Gasteiger partial charge in [0.1, 0.15) is 11.5 Å². The van der Waals surface area contributed by atoms with Crippen molar-refractivity contribution >= 4 is 12.0 Å². The quantitative estimate of drug-likeness (QED) is 0.195. The van der Waals surface area contributed by atoms with Crippen LogP contribution >= 0.6 is 0 Å². The molecule has 0 spiro atoms. The number of hydrogen-bond acceptors (Lipinski definition) is 4. The number of carbonyl (C=O) groups excluding carboxylic acids is 1. The summed E-state index contributed by atoms with van der Waals surface area (Å²) in [5, 5.41) is 3.25. The van der Waals surface area contributed by atoms with Gasteiger partial charge in [-0.25, -0.2) is 4.79 Å². The molecule has 0 unspecified atom stereocenters. The Balaban J connectivity index is 2.77. The molecule has 0 aromatic carbocycles. The zero-order chi connectivity index (χ0) is 12.5. The van der Waals surface area contributed by atoms with Gasteiger partial charge in [0.25, 0.3) is 0 Å². The molecule has 0 aliphatic carbocycles. The maximum Gasteiger partial charge on any atom is 0.340 e. The molecule has 6 heteroatoms. The zero-order valence-electron chi connectivity index (χ0n) is 9.24. The molecule has 0 amide bonds. The first-order chi connectivity index (χ1) is 8.27. The van der Waals surface area contributed by atoms with Crippen LogP contribution in [0.25, 0.3) is 16.5 Å². The van der Waals surface area contributed by atoms with Crippen molar-refractivity contribution in [1.82, 2.24) is 0 Å². The van der Waals surface area contributed by atoms with Crippen LogP contribution in [-0.2, 0) is 9.53 Å². The number of rotatable bonds is 5. The Morgan fingerprint density at radius 1 is 1.71 bits per heavy atom. The van der Waals surface area contributed by atoms with Crippen LogP contribution in [0.1, 0.15) is 12.7 Å². The highest BCUT2D eigenvalue weighted by Crippen LogP contribution is 2.05. The Bertz CT molecular complexity index is 468. The summed E-state index contributed by atoms with van der Waals surface area (Å²) in [5.74, 6) is -0.0280. The van der Waals surface area contributed by atoms with Gasteiger partial charge in [-0.15, -0.1) is 0 Å². The van der Waals surface area contributed by atoms with Crippen molar-refractivity contribution in [2.45, 2.75) is 6.92 Å². The highest BCUT2D eigenvalue weighted by Gasteiger charge is 2.06. The molecule has 88 valence electrons. The van der Waals surface area contributed by atoms with E-state index in [1.165, 1.54) is 12.3 Å². The molecule has 0 bridgehead atoms. The molecular weight excluding hydrogens is 222 g/mol. The first-order valence-electron chi connectivity index (χ1n) is 4.92. The normalized spacial score (nSPS) is 11.2. The lowest BCUT2D eigenvalue weighted by molar-refractivity contribution is -0.138. The molecule has 0 N–H and O–H groups in total. The van der Waals surface area contributed by atoms with Gasteiger partial charge in [0, 0.05) is 4.91 Å². The Morgan fingerprint density at radius 2 is 2.53 bits per heavy atom. The lowest BCUT2D eigenvalue weighted by Crippen LogP contribution is -2.05. The largest absolute Gasteiger partial charge is 0.465 e. The molecule has 0 saturated heterocycles. The lowest BCUT2D eigenvalue weighted by atomic mass is 10.3. The average Bonchev–Trinajstić information content (AvgIpc) is 2.81. The van der Waals surface area contributed by atoms with Crippen LogP contribution in [0.15, 0.2) is 45.8 Å². The van der Waals surface area contributed by atoms with E-state index in [-0.39, 0.29) is 12.3 Å². The number of ether oxygens (including phenoxy) is 1. The number of hydrogen-bond donors (Lipinski definition) is 0. The Labute approximate surface area is 97.8 Å². The van der Waals surface area contributed by atoms with Crippen LogP contribution in [0.5, 0.6) is 0 Å². The van der Waals surface area contributed by atoms with Crippen molar-refractivity contribution < 1.29 is 13.9 Å². The van der Waals surface area contributed by atoms with Gasteiger partial charge >= 0.3 is 5.97 Å². The van der Waals surface area contributed by atoms with Crippen LogP contribution in [0.2, 0.25) is 0 Å². The first-order valence-corrected chi connectivity index (χ1v) is 4.92. The van der Waals surface area contributed by atoms with Crippen LogP contribution in [0.3, 0.4) is 0 Å². The zero-order valence-corrected chi connectivity index (χ0v) is 9.24. The summed E-state index contributed by atoms with van der Waals surface area (Å²) in [4.78, 5) is 13.9. The van der Waals surface area contributed by atoms with E-state index in [1.807, 2.05) is 0 Å². The third-order valence-electron chi connectivity index (χ3n) is 1.69. The van der Waals surface area contributed by atoms with E-state index in [2.05, 4.69) is 10.0 Å². The van der Waals surface area contributed by atoms with Crippen LogP contribution in [-0.4, -0.2) is 12.6 Å². The van der Waals surface area contributed by atoms with Crippen molar-refractivity contribution in [3.63, 3.8) is 0 Å². The third kappa shape index (κ3) is 4.27. The Kier molecular flexibility index (Phi) is 5.13. The fourth-order valence-corrected chi connectivity index (χ4v) is 1.02. The molecule has 0 saturated carbocycles. The predicted molar refractivity (Wildman–Crippen MR) is 61.6 cm³/mol. The minimum absolute atomic E-state index is 0.0999. The molecule has 1 aromatic rings. The highest BCUT2D eigenvalue weighted by atomic mass is 16.5. The second-order valence-electron chi connectivity index (χ2n) is 2.84. The molecule has 0 fully saturated rings. The first kappa shape index (κ1) is 12.6. The van der Waals surface area contributed by atoms with Gasteiger partial charge in [-0.05, 0) is 36.7 Å². The SMILES string of the molecule is CCOC(=O)/C(=C/C=C/c1ccco1)N=[N+]=[N-]. The number of furan rings is 1. The van der Waals surface area contributed by atoms with E-state index in [0.717, 1.165) is 0 Å². The van der Waals surface area contributed by atoms with E-state index in [4.69, 9.17) is 14.7 Å². The second-order valence-corrected chi connectivity index (χ2v) is 2.84. The molecular formula is C11H11N3O3. The second kappa shape index (κ2) is 6.92. The average molecular weight is 233 g/mol. The fourth-order valence-electron chi connectivity index (χ4n) is 1.02. The summed E-state index contributed by atoms with van der Waals surface area (Å²) in [6.45, 7) is 1.89. The number of nitrogens with zero attached hydrogens (tertiary/aromatic N) is 3. The summed E-state index contributed by atoms with van der Waals surface area (Å²) in [5.41, 5.74) is 8.20. The minimum Gasteiger partial charge on any atom is -0.465 e. The van der Waals surface area contributed by atoms with Crippen molar-refractivity contribution in [3.05, 3.63) is 52.4 Å². The highest BCUT2D eigenvalue weighted by molar-refractivity contribution is 5.88. The van der Waals surface area contributed by atoms with Gasteiger partial charge in [0.05, 0.1) is 12.9 Å². The molecule has 17 heavy (non-hydrogen) atoms. The Morgan fingerprint density at radius 3 is 3.12 bits per heavy atom. The maximum absolute atomic E-state index is 11.3. The molecule has 1 aromatic heterocycles. The van der Waals surface area contributed by atoms with Gasteiger partial charge < -0.3 is 9.15 Å². The summed E-state index contributed by atoms with van der Waals surface area (Å²) in [7, 11) is 0. The van der Waals surface area contributed by atoms with E-state index < -0.39 is 5.97 Å². The third-order valence-corrected chi connectivity index (χ3v) is 1.69. The summed E-state index contributed by atoms with van der Waals surface area (Å²) in [6.07, 6.45) is 6.06. The molecule has 0 aliphatic heterocycles. The van der Waals surface area contributed by atoms with Crippen LogP contribution in [0.4, 0.5) is 0 Å². The van der Waals surface area contributed by atoms with Crippen molar-refractivity contribution in [1.29, 1.82) is 0 Å². The van der Waals surface area contributed by atoms with Crippen molar-refractivity contribution in [3.8, 4) is 0 Å². The molecule has 1 heterocycles. The molecule has 6 nitrogen and oxygen atoms in total. The Hall–Kier alpha value is -2.46. The fraction of sp³-hybridized carbons (Fsp3) is 0.182. The number of azide groups is 1.